The fourth-order valence-corrected chi connectivity index (χ4v) is 3.28. The molecule has 2 fully saturated rings. The lowest BCUT2D eigenvalue weighted by Crippen LogP contribution is -2.55. The largest absolute Gasteiger partial charge is 0.336 e. The highest BCUT2D eigenvalue weighted by Crippen LogP contribution is 2.14. The van der Waals surface area contributed by atoms with Crippen molar-refractivity contribution in [3.05, 3.63) is 35.4 Å². The van der Waals surface area contributed by atoms with Crippen molar-refractivity contribution in [1.82, 2.24) is 20.4 Å². The zero-order chi connectivity index (χ0) is 17.3. The van der Waals surface area contributed by atoms with Crippen molar-refractivity contribution < 1.29 is 14.4 Å². The Hall–Kier alpha value is -2.41. The number of amides is 4. The highest BCUT2D eigenvalue weighted by atomic mass is 16.2. The number of carbonyl (C=O) groups is 3. The van der Waals surface area contributed by atoms with Crippen LogP contribution in [-0.4, -0.2) is 59.4 Å². The van der Waals surface area contributed by atoms with Crippen molar-refractivity contribution in [1.29, 1.82) is 0 Å². The van der Waals surface area contributed by atoms with Gasteiger partial charge in [0, 0.05) is 30.7 Å². The van der Waals surface area contributed by atoms with Gasteiger partial charge in [-0.25, -0.2) is 4.79 Å². The molecule has 2 N–H and O–H groups in total. The summed E-state index contributed by atoms with van der Waals surface area (Å²) in [5, 5.41) is 5.90. The average Bonchev–Trinajstić information content (AvgIpc) is 2.85. The van der Waals surface area contributed by atoms with Crippen LogP contribution in [0.1, 0.15) is 29.8 Å². The molecule has 1 aromatic rings. The Morgan fingerprint density at radius 3 is 2.54 bits per heavy atom. The predicted molar refractivity (Wildman–Crippen MR) is 88.4 cm³/mol. The fourth-order valence-electron chi connectivity index (χ4n) is 3.28. The zero-order valence-electron chi connectivity index (χ0n) is 13.9. The van der Waals surface area contributed by atoms with Crippen LogP contribution in [0.2, 0.25) is 0 Å². The molecule has 2 aliphatic heterocycles. The highest BCUT2D eigenvalue weighted by molar-refractivity contribution is 6.02. The van der Waals surface area contributed by atoms with E-state index in [9.17, 15) is 14.4 Å². The number of benzene rings is 1. The molecule has 0 radical (unpaired) electrons. The summed E-state index contributed by atoms with van der Waals surface area (Å²) in [7, 11) is 0. The Bertz CT molecular complexity index is 650. The molecule has 0 saturated carbocycles. The first kappa shape index (κ1) is 16.4. The summed E-state index contributed by atoms with van der Waals surface area (Å²) in [4.78, 5) is 39.1. The van der Waals surface area contributed by atoms with Gasteiger partial charge in [-0.3, -0.25) is 14.5 Å². The van der Waals surface area contributed by atoms with Crippen LogP contribution in [0.5, 0.6) is 0 Å². The van der Waals surface area contributed by atoms with Crippen molar-refractivity contribution in [3.63, 3.8) is 0 Å². The van der Waals surface area contributed by atoms with E-state index in [0.717, 1.165) is 5.56 Å². The molecular weight excluding hydrogens is 308 g/mol. The van der Waals surface area contributed by atoms with E-state index in [-0.39, 0.29) is 43.0 Å². The second-order valence-corrected chi connectivity index (χ2v) is 6.52. The van der Waals surface area contributed by atoms with Gasteiger partial charge in [-0.1, -0.05) is 12.1 Å². The van der Waals surface area contributed by atoms with Gasteiger partial charge in [0.15, 0.2) is 0 Å². The Labute approximate surface area is 141 Å². The normalized spacial score (nSPS) is 24.2. The van der Waals surface area contributed by atoms with Gasteiger partial charge in [-0.2, -0.15) is 0 Å². The van der Waals surface area contributed by atoms with E-state index in [4.69, 9.17) is 0 Å². The van der Waals surface area contributed by atoms with Crippen LogP contribution in [0.3, 0.4) is 0 Å². The quantitative estimate of drug-likeness (QED) is 0.794. The highest BCUT2D eigenvalue weighted by Gasteiger charge is 2.29. The van der Waals surface area contributed by atoms with Gasteiger partial charge < -0.3 is 15.5 Å². The van der Waals surface area contributed by atoms with Gasteiger partial charge in [0.2, 0.25) is 5.91 Å². The molecule has 128 valence electrons. The lowest BCUT2D eigenvalue weighted by Gasteiger charge is -2.36. The molecule has 1 aromatic carbocycles. The molecule has 7 nitrogen and oxygen atoms in total. The van der Waals surface area contributed by atoms with Gasteiger partial charge in [0.05, 0.1) is 13.1 Å². The smallest absolute Gasteiger partial charge is 0.324 e. The fraction of sp³-hybridized carbons (Fsp3) is 0.471. The van der Waals surface area contributed by atoms with Gasteiger partial charge >= 0.3 is 6.03 Å². The van der Waals surface area contributed by atoms with Gasteiger partial charge in [-0.15, -0.1) is 0 Å². The second-order valence-electron chi connectivity index (χ2n) is 6.52. The molecule has 0 unspecified atom stereocenters. The van der Waals surface area contributed by atoms with Crippen LogP contribution in [0.4, 0.5) is 4.79 Å². The molecule has 4 amide bonds. The summed E-state index contributed by atoms with van der Waals surface area (Å²) in [6.07, 6.45) is 0. The van der Waals surface area contributed by atoms with Gasteiger partial charge in [-0.05, 0) is 31.5 Å². The number of imide groups is 1. The molecule has 2 atom stereocenters. The SMILES string of the molecule is C[C@H]1CN(C(=O)c2cccc(CN3C(=O)CNC3=O)c2)C[C@H](C)N1. The summed E-state index contributed by atoms with van der Waals surface area (Å²) in [6.45, 7) is 5.67. The topological polar surface area (TPSA) is 81.8 Å². The van der Waals surface area contributed by atoms with Crippen LogP contribution in [-0.2, 0) is 11.3 Å². The van der Waals surface area contributed by atoms with E-state index >= 15 is 0 Å². The van der Waals surface area contributed by atoms with E-state index in [1.165, 1.54) is 4.90 Å². The van der Waals surface area contributed by atoms with Crippen LogP contribution >= 0.6 is 0 Å². The minimum atomic E-state index is -0.388. The number of carbonyl (C=O) groups excluding carboxylic acids is 3. The van der Waals surface area contributed by atoms with Crippen LogP contribution in [0.25, 0.3) is 0 Å². The lowest BCUT2D eigenvalue weighted by molar-refractivity contribution is -0.125. The molecule has 2 heterocycles. The number of urea groups is 1. The van der Waals surface area contributed by atoms with Crippen molar-refractivity contribution >= 4 is 17.8 Å². The first-order chi connectivity index (χ1) is 11.4. The zero-order valence-corrected chi connectivity index (χ0v) is 13.9. The van der Waals surface area contributed by atoms with Gasteiger partial charge in [0.1, 0.15) is 0 Å². The number of nitrogens with zero attached hydrogens (tertiary/aromatic N) is 2. The van der Waals surface area contributed by atoms with Crippen molar-refractivity contribution in [2.45, 2.75) is 32.5 Å². The van der Waals surface area contributed by atoms with Gasteiger partial charge in [0.25, 0.3) is 5.91 Å². The molecule has 2 saturated heterocycles. The van der Waals surface area contributed by atoms with Crippen LogP contribution in [0.15, 0.2) is 24.3 Å². The number of hydrogen-bond donors (Lipinski definition) is 2. The molecule has 2 aliphatic rings. The van der Waals surface area contributed by atoms with E-state index in [2.05, 4.69) is 24.5 Å². The van der Waals surface area contributed by atoms with Crippen molar-refractivity contribution in [2.75, 3.05) is 19.6 Å². The maximum absolute atomic E-state index is 12.7. The maximum Gasteiger partial charge on any atom is 0.324 e. The van der Waals surface area contributed by atoms with Crippen molar-refractivity contribution in [3.8, 4) is 0 Å². The predicted octanol–water partition coefficient (Wildman–Crippen LogP) is 0.561. The molecule has 0 bridgehead atoms. The summed E-state index contributed by atoms with van der Waals surface area (Å²) in [5.74, 6) is -0.268. The summed E-state index contributed by atoms with van der Waals surface area (Å²) in [6, 6.07) is 7.27. The first-order valence-corrected chi connectivity index (χ1v) is 8.16. The Morgan fingerprint density at radius 1 is 1.21 bits per heavy atom. The number of hydrogen-bond acceptors (Lipinski definition) is 4. The molecule has 0 aliphatic carbocycles. The molecule has 3 rings (SSSR count). The van der Waals surface area contributed by atoms with Crippen LogP contribution in [0, 0.1) is 0 Å². The molecular formula is C17H22N4O3. The Balaban J connectivity index is 1.74. The summed E-state index contributed by atoms with van der Waals surface area (Å²) < 4.78 is 0. The summed E-state index contributed by atoms with van der Waals surface area (Å²) in [5.41, 5.74) is 1.35. The number of rotatable bonds is 3. The molecule has 7 heteroatoms. The Kier molecular flexibility index (Phi) is 4.53. The third-order valence-electron chi connectivity index (χ3n) is 4.30. The Morgan fingerprint density at radius 2 is 1.92 bits per heavy atom. The number of piperazine rings is 1. The van der Waals surface area contributed by atoms with E-state index in [1.54, 1.807) is 18.2 Å². The van der Waals surface area contributed by atoms with E-state index in [1.807, 2.05) is 11.0 Å². The van der Waals surface area contributed by atoms with E-state index in [0.29, 0.717) is 18.7 Å². The monoisotopic (exact) mass is 330 g/mol. The minimum absolute atomic E-state index is 0.0192. The van der Waals surface area contributed by atoms with Crippen molar-refractivity contribution in [2.24, 2.45) is 0 Å². The standard InChI is InChI=1S/C17H22N4O3/c1-11-8-20(9-12(2)19-11)16(23)14-5-3-4-13(6-14)10-21-15(22)7-18-17(21)24/h3-6,11-12,19H,7-10H2,1-2H3,(H,18,24)/t11-,12-/m0/s1. The number of nitrogens with one attached hydrogen (secondary N) is 2. The molecule has 24 heavy (non-hydrogen) atoms. The average molecular weight is 330 g/mol. The van der Waals surface area contributed by atoms with Crippen LogP contribution < -0.4 is 10.6 Å². The third-order valence-corrected chi connectivity index (χ3v) is 4.30. The molecule has 0 aromatic heterocycles. The molecule has 0 spiro atoms. The van der Waals surface area contributed by atoms with E-state index < -0.39 is 0 Å². The maximum atomic E-state index is 12.7. The second kappa shape index (κ2) is 6.60. The third kappa shape index (κ3) is 3.41. The summed E-state index contributed by atoms with van der Waals surface area (Å²) >= 11 is 0. The lowest BCUT2D eigenvalue weighted by atomic mass is 10.1. The first-order valence-electron chi connectivity index (χ1n) is 8.16. The minimum Gasteiger partial charge on any atom is -0.336 e.